The highest BCUT2D eigenvalue weighted by Crippen LogP contribution is 2.32. The Kier molecular flexibility index (Phi) is 6.20. The molecule has 0 aliphatic heterocycles. The second kappa shape index (κ2) is 7.42. The second-order valence-electron chi connectivity index (χ2n) is 4.97. The molecule has 1 rings (SSSR count). The molecule has 1 aromatic rings. The predicted molar refractivity (Wildman–Crippen MR) is 78.5 cm³/mol. The lowest BCUT2D eigenvalue weighted by atomic mass is 9.82. The van der Waals surface area contributed by atoms with Crippen LogP contribution in [0.4, 0.5) is 0 Å². The maximum Gasteiger partial charge on any atom is 0.122 e. The zero-order valence-corrected chi connectivity index (χ0v) is 12.4. The van der Waals surface area contributed by atoms with E-state index < -0.39 is 0 Å². The molecule has 0 radical (unpaired) electrons. The molecule has 0 aliphatic rings. The molecule has 1 atom stereocenters. The first kappa shape index (κ1) is 15.0. The first-order valence-electron chi connectivity index (χ1n) is 6.96. The van der Waals surface area contributed by atoms with Gasteiger partial charge in [0.05, 0.1) is 7.11 Å². The van der Waals surface area contributed by atoms with Crippen LogP contribution in [0.1, 0.15) is 43.7 Å². The number of rotatable bonds is 7. The van der Waals surface area contributed by atoms with Gasteiger partial charge in [-0.25, -0.2) is 0 Å². The normalized spacial score (nSPS) is 12.8. The Morgan fingerprint density at radius 1 is 1.22 bits per heavy atom. The van der Waals surface area contributed by atoms with Crippen LogP contribution in [0.25, 0.3) is 0 Å². The summed E-state index contributed by atoms with van der Waals surface area (Å²) < 4.78 is 5.44. The lowest BCUT2D eigenvalue weighted by molar-refractivity contribution is 0.382. The number of methoxy groups -OCH3 is 1. The summed E-state index contributed by atoms with van der Waals surface area (Å²) in [6, 6.07) is 6.62. The average molecular weight is 249 g/mol. The monoisotopic (exact) mass is 249 g/mol. The quantitative estimate of drug-likeness (QED) is 0.795. The SMILES string of the molecule is CCC(CC)C(CNC)c1ccc(C)c(OC)c1. The second-order valence-corrected chi connectivity index (χ2v) is 4.97. The van der Waals surface area contributed by atoms with E-state index in [1.54, 1.807) is 7.11 Å². The number of hydrogen-bond donors (Lipinski definition) is 1. The lowest BCUT2D eigenvalue weighted by Gasteiger charge is -2.26. The molecule has 0 heterocycles. The van der Waals surface area contributed by atoms with E-state index in [0.717, 1.165) is 18.2 Å². The first-order chi connectivity index (χ1) is 8.67. The number of aryl methyl sites for hydroxylation is 1. The molecule has 1 N–H and O–H groups in total. The Morgan fingerprint density at radius 3 is 2.39 bits per heavy atom. The highest BCUT2D eigenvalue weighted by atomic mass is 16.5. The molecule has 0 fully saturated rings. The summed E-state index contributed by atoms with van der Waals surface area (Å²) in [5.74, 6) is 2.30. The zero-order chi connectivity index (χ0) is 13.5. The maximum atomic E-state index is 5.44. The van der Waals surface area contributed by atoms with Crippen molar-refractivity contribution in [1.82, 2.24) is 5.32 Å². The fourth-order valence-corrected chi connectivity index (χ4v) is 2.70. The Balaban J connectivity index is 3.04. The molecule has 102 valence electrons. The number of likely N-dealkylation sites (N-methyl/N-ethyl adjacent to an activating group) is 1. The first-order valence-corrected chi connectivity index (χ1v) is 6.96. The van der Waals surface area contributed by atoms with Crippen LogP contribution in [0.3, 0.4) is 0 Å². The van der Waals surface area contributed by atoms with Crippen LogP contribution in [-0.4, -0.2) is 20.7 Å². The average Bonchev–Trinajstić information content (AvgIpc) is 2.40. The van der Waals surface area contributed by atoms with Crippen molar-refractivity contribution in [2.75, 3.05) is 20.7 Å². The van der Waals surface area contributed by atoms with Crippen LogP contribution in [-0.2, 0) is 0 Å². The summed E-state index contributed by atoms with van der Waals surface area (Å²) in [5.41, 5.74) is 2.59. The van der Waals surface area contributed by atoms with Crippen molar-refractivity contribution < 1.29 is 4.74 Å². The van der Waals surface area contributed by atoms with Gasteiger partial charge in [-0.05, 0) is 43.0 Å². The lowest BCUT2D eigenvalue weighted by Crippen LogP contribution is -2.23. The van der Waals surface area contributed by atoms with Gasteiger partial charge in [0.1, 0.15) is 5.75 Å². The molecule has 0 saturated carbocycles. The molecule has 0 aromatic heterocycles. The number of nitrogens with one attached hydrogen (secondary N) is 1. The number of hydrogen-bond acceptors (Lipinski definition) is 2. The molecule has 0 amide bonds. The Hall–Kier alpha value is -1.02. The van der Waals surface area contributed by atoms with E-state index in [1.807, 2.05) is 7.05 Å². The zero-order valence-electron chi connectivity index (χ0n) is 12.4. The van der Waals surface area contributed by atoms with E-state index in [-0.39, 0.29) is 0 Å². The van der Waals surface area contributed by atoms with E-state index in [0.29, 0.717) is 5.92 Å². The largest absolute Gasteiger partial charge is 0.496 e. The summed E-state index contributed by atoms with van der Waals surface area (Å²) in [4.78, 5) is 0. The van der Waals surface area contributed by atoms with Crippen LogP contribution in [0.5, 0.6) is 5.75 Å². The standard InChI is InChI=1S/C16H27NO/c1-6-13(7-2)15(11-17-4)14-9-8-12(3)16(10-14)18-5/h8-10,13,15,17H,6-7,11H2,1-5H3. The maximum absolute atomic E-state index is 5.44. The Bertz CT molecular complexity index is 358. The van der Waals surface area contributed by atoms with Crippen LogP contribution in [0.2, 0.25) is 0 Å². The van der Waals surface area contributed by atoms with Crippen molar-refractivity contribution in [1.29, 1.82) is 0 Å². The summed E-state index contributed by atoms with van der Waals surface area (Å²) >= 11 is 0. The third-order valence-electron chi connectivity index (χ3n) is 3.90. The highest BCUT2D eigenvalue weighted by Gasteiger charge is 2.20. The molecule has 0 bridgehead atoms. The van der Waals surface area contributed by atoms with Gasteiger partial charge in [-0.1, -0.05) is 38.8 Å². The van der Waals surface area contributed by atoms with Crippen LogP contribution >= 0.6 is 0 Å². The molecular weight excluding hydrogens is 222 g/mol. The topological polar surface area (TPSA) is 21.3 Å². The molecule has 18 heavy (non-hydrogen) atoms. The van der Waals surface area contributed by atoms with Crippen LogP contribution in [0, 0.1) is 12.8 Å². The molecule has 1 unspecified atom stereocenters. The van der Waals surface area contributed by atoms with E-state index in [9.17, 15) is 0 Å². The van der Waals surface area contributed by atoms with Crippen molar-refractivity contribution >= 4 is 0 Å². The van der Waals surface area contributed by atoms with Gasteiger partial charge in [-0.3, -0.25) is 0 Å². The molecular formula is C16H27NO. The predicted octanol–water partition coefficient (Wildman–Crippen LogP) is 3.74. The van der Waals surface area contributed by atoms with Crippen molar-refractivity contribution in [3.63, 3.8) is 0 Å². The van der Waals surface area contributed by atoms with Crippen molar-refractivity contribution in [3.8, 4) is 5.75 Å². The van der Waals surface area contributed by atoms with Crippen LogP contribution < -0.4 is 10.1 Å². The minimum absolute atomic E-state index is 0.569. The Labute approximate surface area is 112 Å². The van der Waals surface area contributed by atoms with Gasteiger partial charge in [0.15, 0.2) is 0 Å². The molecule has 0 spiro atoms. The van der Waals surface area contributed by atoms with Crippen LogP contribution in [0.15, 0.2) is 18.2 Å². The molecule has 1 aromatic carbocycles. The summed E-state index contributed by atoms with van der Waals surface area (Å²) in [5, 5.41) is 3.33. The van der Waals surface area contributed by atoms with Crippen molar-refractivity contribution in [2.45, 2.75) is 39.5 Å². The molecule has 0 aliphatic carbocycles. The summed E-state index contributed by atoms with van der Waals surface area (Å²) in [6.45, 7) is 7.68. The van der Waals surface area contributed by atoms with Gasteiger partial charge < -0.3 is 10.1 Å². The van der Waals surface area contributed by atoms with Gasteiger partial charge in [0.25, 0.3) is 0 Å². The van der Waals surface area contributed by atoms with Crippen molar-refractivity contribution in [3.05, 3.63) is 29.3 Å². The number of benzene rings is 1. The number of ether oxygens (including phenoxy) is 1. The molecule has 2 heteroatoms. The van der Waals surface area contributed by atoms with Gasteiger partial charge in [0.2, 0.25) is 0 Å². The van der Waals surface area contributed by atoms with E-state index >= 15 is 0 Å². The summed E-state index contributed by atoms with van der Waals surface area (Å²) in [6.07, 6.45) is 2.44. The summed E-state index contributed by atoms with van der Waals surface area (Å²) in [7, 11) is 3.77. The van der Waals surface area contributed by atoms with E-state index in [4.69, 9.17) is 4.74 Å². The minimum atomic E-state index is 0.569. The fraction of sp³-hybridized carbons (Fsp3) is 0.625. The van der Waals surface area contributed by atoms with Gasteiger partial charge >= 0.3 is 0 Å². The van der Waals surface area contributed by atoms with Gasteiger partial charge in [-0.15, -0.1) is 0 Å². The van der Waals surface area contributed by atoms with E-state index in [2.05, 4.69) is 44.3 Å². The molecule has 0 saturated heterocycles. The smallest absolute Gasteiger partial charge is 0.122 e. The Morgan fingerprint density at radius 2 is 1.89 bits per heavy atom. The minimum Gasteiger partial charge on any atom is -0.496 e. The fourth-order valence-electron chi connectivity index (χ4n) is 2.70. The third-order valence-corrected chi connectivity index (χ3v) is 3.90. The van der Waals surface area contributed by atoms with Gasteiger partial charge in [-0.2, -0.15) is 0 Å². The third kappa shape index (κ3) is 3.49. The van der Waals surface area contributed by atoms with Crippen molar-refractivity contribution in [2.24, 2.45) is 5.92 Å². The van der Waals surface area contributed by atoms with E-state index in [1.165, 1.54) is 24.0 Å². The highest BCUT2D eigenvalue weighted by molar-refractivity contribution is 5.38. The molecule has 2 nitrogen and oxygen atoms in total. The van der Waals surface area contributed by atoms with Gasteiger partial charge in [0, 0.05) is 6.54 Å².